The van der Waals surface area contributed by atoms with Crippen LogP contribution in [0.25, 0.3) is 0 Å². The van der Waals surface area contributed by atoms with Crippen LogP contribution in [0, 0.1) is 6.92 Å². The molecular weight excluding hydrogens is 316 g/mol. The number of hydrogen-bond acceptors (Lipinski definition) is 3. The lowest BCUT2D eigenvalue weighted by molar-refractivity contribution is 0.156. The number of halogens is 1. The zero-order valence-electron chi connectivity index (χ0n) is 11.6. The number of nitrogens with two attached hydrogens (primary N) is 1. The number of fused-ring (bicyclic) bond motifs is 1. The molecule has 1 aliphatic heterocycles. The predicted molar refractivity (Wildman–Crippen MR) is 83.3 cm³/mol. The quantitative estimate of drug-likeness (QED) is 0.937. The highest BCUT2D eigenvalue weighted by atomic mass is 79.9. The minimum absolute atomic E-state index is 0.248. The van der Waals surface area contributed by atoms with E-state index in [1.165, 1.54) is 11.1 Å². The average Bonchev–Trinajstić information content (AvgIpc) is 2.91. The van der Waals surface area contributed by atoms with Crippen molar-refractivity contribution in [3.8, 4) is 0 Å². The molecule has 2 heterocycles. The van der Waals surface area contributed by atoms with E-state index in [4.69, 9.17) is 5.73 Å². The van der Waals surface area contributed by atoms with Crippen molar-refractivity contribution in [1.82, 2.24) is 14.5 Å². The lowest BCUT2D eigenvalue weighted by atomic mass is 10.0. The molecule has 1 atom stereocenters. The maximum Gasteiger partial charge on any atom is 0.122 e. The summed E-state index contributed by atoms with van der Waals surface area (Å²) < 4.78 is 3.36. The van der Waals surface area contributed by atoms with Crippen LogP contribution in [0.2, 0.25) is 0 Å². The zero-order valence-corrected chi connectivity index (χ0v) is 13.2. The Balaban J connectivity index is 1.85. The number of aryl methyl sites for hydroxylation is 1. The molecule has 0 amide bonds. The lowest BCUT2D eigenvalue weighted by Gasteiger charge is -2.34. The second-order valence-electron chi connectivity index (χ2n) is 5.27. The Morgan fingerprint density at radius 2 is 2.25 bits per heavy atom. The zero-order chi connectivity index (χ0) is 14.1. The maximum absolute atomic E-state index is 6.03. The van der Waals surface area contributed by atoms with Gasteiger partial charge >= 0.3 is 0 Å². The van der Waals surface area contributed by atoms with Crippen molar-refractivity contribution in [3.63, 3.8) is 0 Å². The van der Waals surface area contributed by atoms with E-state index in [2.05, 4.69) is 55.5 Å². The van der Waals surface area contributed by atoms with Gasteiger partial charge in [0.05, 0.1) is 6.54 Å². The third kappa shape index (κ3) is 2.53. The minimum Gasteiger partial charge on any atom is -0.333 e. The predicted octanol–water partition coefficient (Wildman–Crippen LogP) is 2.47. The van der Waals surface area contributed by atoms with Gasteiger partial charge in [-0.15, -0.1) is 0 Å². The van der Waals surface area contributed by atoms with Crippen LogP contribution >= 0.6 is 15.9 Å². The topological polar surface area (TPSA) is 47.1 Å². The maximum atomic E-state index is 6.03. The molecule has 106 valence electrons. The van der Waals surface area contributed by atoms with Gasteiger partial charge in [-0.25, -0.2) is 4.98 Å². The van der Waals surface area contributed by atoms with Crippen LogP contribution in [0.4, 0.5) is 0 Å². The largest absolute Gasteiger partial charge is 0.333 e. The average molecular weight is 335 g/mol. The van der Waals surface area contributed by atoms with E-state index in [-0.39, 0.29) is 6.04 Å². The molecule has 0 saturated heterocycles. The molecule has 1 aromatic heterocycles. The lowest BCUT2D eigenvalue weighted by Crippen LogP contribution is -2.39. The van der Waals surface area contributed by atoms with Crippen molar-refractivity contribution in [2.45, 2.75) is 26.1 Å². The van der Waals surface area contributed by atoms with E-state index in [0.717, 1.165) is 29.9 Å². The molecule has 0 aliphatic carbocycles. The Morgan fingerprint density at radius 3 is 3.00 bits per heavy atom. The molecule has 5 heteroatoms. The highest BCUT2D eigenvalue weighted by molar-refractivity contribution is 9.10. The summed E-state index contributed by atoms with van der Waals surface area (Å²) >= 11 is 3.61. The van der Waals surface area contributed by atoms with Gasteiger partial charge in [0, 0.05) is 42.5 Å². The second kappa shape index (κ2) is 5.68. The summed E-state index contributed by atoms with van der Waals surface area (Å²) in [5.41, 5.74) is 8.55. The van der Waals surface area contributed by atoms with Crippen molar-refractivity contribution in [1.29, 1.82) is 0 Å². The summed E-state index contributed by atoms with van der Waals surface area (Å²) in [5, 5.41) is 0. The van der Waals surface area contributed by atoms with E-state index in [9.17, 15) is 0 Å². The summed E-state index contributed by atoms with van der Waals surface area (Å²) in [5.74, 6) is 1.13. The fourth-order valence-electron chi connectivity index (χ4n) is 2.77. The van der Waals surface area contributed by atoms with E-state index in [1.807, 2.05) is 12.4 Å². The summed E-state index contributed by atoms with van der Waals surface area (Å²) in [4.78, 5) is 6.84. The summed E-state index contributed by atoms with van der Waals surface area (Å²) in [6.07, 6.45) is 3.92. The summed E-state index contributed by atoms with van der Waals surface area (Å²) in [7, 11) is 0. The standard InChI is InChI=1S/C15H19BrN4/c1-11-2-3-12(8-13(11)16)14(9-17)20-7-6-19-5-4-18-15(19)10-20/h2-5,8,14H,6-7,9-10,17H2,1H3. The number of imidazole rings is 1. The first-order valence-electron chi connectivity index (χ1n) is 6.89. The van der Waals surface area contributed by atoms with Gasteiger partial charge in [0.2, 0.25) is 0 Å². The van der Waals surface area contributed by atoms with Gasteiger partial charge in [0.1, 0.15) is 5.82 Å². The molecule has 1 unspecified atom stereocenters. The van der Waals surface area contributed by atoms with E-state index in [0.29, 0.717) is 6.54 Å². The number of nitrogens with zero attached hydrogens (tertiary/aromatic N) is 3. The van der Waals surface area contributed by atoms with E-state index in [1.54, 1.807) is 0 Å². The van der Waals surface area contributed by atoms with Crippen molar-refractivity contribution in [3.05, 3.63) is 52.0 Å². The van der Waals surface area contributed by atoms with Gasteiger partial charge in [0.25, 0.3) is 0 Å². The van der Waals surface area contributed by atoms with Crippen molar-refractivity contribution >= 4 is 15.9 Å². The number of benzene rings is 1. The van der Waals surface area contributed by atoms with Crippen LogP contribution in [0.3, 0.4) is 0 Å². The van der Waals surface area contributed by atoms with Crippen LogP contribution in [0.5, 0.6) is 0 Å². The molecule has 2 N–H and O–H groups in total. The molecule has 0 radical (unpaired) electrons. The van der Waals surface area contributed by atoms with E-state index >= 15 is 0 Å². The van der Waals surface area contributed by atoms with Crippen LogP contribution < -0.4 is 5.73 Å². The molecule has 2 aromatic rings. The Labute approximate surface area is 127 Å². The third-order valence-corrected chi connectivity index (χ3v) is 4.87. The van der Waals surface area contributed by atoms with Crippen LogP contribution in [-0.4, -0.2) is 27.5 Å². The van der Waals surface area contributed by atoms with Gasteiger partial charge in [-0.3, -0.25) is 4.90 Å². The van der Waals surface area contributed by atoms with Crippen molar-refractivity contribution < 1.29 is 0 Å². The first kappa shape index (κ1) is 13.8. The molecular formula is C15H19BrN4. The Bertz CT molecular complexity index is 608. The number of rotatable bonds is 3. The van der Waals surface area contributed by atoms with Gasteiger partial charge < -0.3 is 10.3 Å². The number of hydrogen-bond donors (Lipinski definition) is 1. The monoisotopic (exact) mass is 334 g/mol. The van der Waals surface area contributed by atoms with Crippen LogP contribution in [0.1, 0.15) is 23.0 Å². The molecule has 0 bridgehead atoms. The Kier molecular flexibility index (Phi) is 3.92. The Hall–Kier alpha value is -1.17. The van der Waals surface area contributed by atoms with Crippen molar-refractivity contribution in [2.24, 2.45) is 5.73 Å². The second-order valence-corrected chi connectivity index (χ2v) is 6.12. The first-order chi connectivity index (χ1) is 9.69. The molecule has 0 fully saturated rings. The van der Waals surface area contributed by atoms with Gasteiger partial charge in [0.15, 0.2) is 0 Å². The van der Waals surface area contributed by atoms with Crippen LogP contribution in [0.15, 0.2) is 35.1 Å². The molecule has 0 spiro atoms. The normalized spacial score (nSPS) is 16.9. The highest BCUT2D eigenvalue weighted by Crippen LogP contribution is 2.27. The molecule has 3 rings (SSSR count). The van der Waals surface area contributed by atoms with Gasteiger partial charge in [-0.05, 0) is 24.1 Å². The molecule has 1 aliphatic rings. The molecule has 1 aromatic carbocycles. The third-order valence-electron chi connectivity index (χ3n) is 4.02. The number of aromatic nitrogens is 2. The van der Waals surface area contributed by atoms with Crippen LogP contribution in [-0.2, 0) is 13.1 Å². The van der Waals surface area contributed by atoms with E-state index < -0.39 is 0 Å². The first-order valence-corrected chi connectivity index (χ1v) is 7.68. The fourth-order valence-corrected chi connectivity index (χ4v) is 3.17. The fraction of sp³-hybridized carbons (Fsp3) is 0.400. The SMILES string of the molecule is Cc1ccc(C(CN)N2CCn3ccnc3C2)cc1Br. The van der Waals surface area contributed by atoms with Gasteiger partial charge in [-0.2, -0.15) is 0 Å². The summed E-state index contributed by atoms with van der Waals surface area (Å²) in [6.45, 7) is 5.58. The minimum atomic E-state index is 0.248. The molecule has 20 heavy (non-hydrogen) atoms. The molecule has 4 nitrogen and oxygen atoms in total. The smallest absolute Gasteiger partial charge is 0.122 e. The van der Waals surface area contributed by atoms with Gasteiger partial charge in [-0.1, -0.05) is 28.1 Å². The molecule has 0 saturated carbocycles. The summed E-state index contributed by atoms with van der Waals surface area (Å²) in [6, 6.07) is 6.76. The highest BCUT2D eigenvalue weighted by Gasteiger charge is 2.24. The van der Waals surface area contributed by atoms with Crippen molar-refractivity contribution in [2.75, 3.05) is 13.1 Å². The Morgan fingerprint density at radius 1 is 1.40 bits per heavy atom.